The summed E-state index contributed by atoms with van der Waals surface area (Å²) in [6.45, 7) is 8.56. The molecule has 0 unspecified atom stereocenters. The summed E-state index contributed by atoms with van der Waals surface area (Å²) in [5.74, 6) is 1.35. The molecule has 0 saturated heterocycles. The number of hydrogen-bond donors (Lipinski definition) is 0. The van der Waals surface area contributed by atoms with Crippen LogP contribution in [-0.4, -0.2) is 5.78 Å². The number of ketones is 1. The Morgan fingerprint density at radius 2 is 1.70 bits per heavy atom. The van der Waals surface area contributed by atoms with Gasteiger partial charge in [-0.1, -0.05) is 52.0 Å². The van der Waals surface area contributed by atoms with Gasteiger partial charge in [-0.3, -0.25) is 4.79 Å². The second kappa shape index (κ2) is 5.66. The summed E-state index contributed by atoms with van der Waals surface area (Å²) in [6.07, 6.45) is 1.20. The van der Waals surface area contributed by atoms with E-state index in [1.54, 1.807) is 6.07 Å². The predicted octanol–water partition coefficient (Wildman–Crippen LogP) is 4.56. The van der Waals surface area contributed by atoms with E-state index in [0.717, 1.165) is 17.7 Å². The maximum Gasteiger partial charge on any atom is 0.202 e. The van der Waals surface area contributed by atoms with Crippen molar-refractivity contribution in [2.24, 2.45) is 0 Å². The second-order valence-electron chi connectivity index (χ2n) is 6.17. The van der Waals surface area contributed by atoms with Crippen LogP contribution in [-0.2, 0) is 18.3 Å². The Labute approximate surface area is 120 Å². The number of aryl methyl sites for hydroxylation is 1. The van der Waals surface area contributed by atoms with Gasteiger partial charge in [-0.2, -0.15) is 0 Å². The van der Waals surface area contributed by atoms with Crippen LogP contribution < -0.4 is 0 Å². The molecular formula is C18H22O2. The largest absolute Gasteiger partial charge is 0.458 e. The van der Waals surface area contributed by atoms with Gasteiger partial charge in [0.05, 0.1) is 0 Å². The van der Waals surface area contributed by atoms with Gasteiger partial charge in [-0.05, 0) is 28.7 Å². The monoisotopic (exact) mass is 270 g/mol. The van der Waals surface area contributed by atoms with Gasteiger partial charge < -0.3 is 4.42 Å². The molecule has 106 valence electrons. The Hall–Kier alpha value is -1.83. The summed E-state index contributed by atoms with van der Waals surface area (Å²) in [6, 6.07) is 11.9. The first-order valence-corrected chi connectivity index (χ1v) is 7.11. The minimum atomic E-state index is 0.0354. The zero-order chi connectivity index (χ0) is 14.8. The molecule has 2 rings (SSSR count). The molecule has 0 fully saturated rings. The van der Waals surface area contributed by atoms with Crippen molar-refractivity contribution in [3.05, 3.63) is 59.0 Å². The van der Waals surface area contributed by atoms with Gasteiger partial charge in [0.2, 0.25) is 5.78 Å². The third-order valence-corrected chi connectivity index (χ3v) is 3.47. The number of rotatable bonds is 4. The SMILES string of the molecule is CCc1ccc(C(=O)Cc2ccc(C(C)(C)C)cc2)o1. The van der Waals surface area contributed by atoms with E-state index < -0.39 is 0 Å². The second-order valence-corrected chi connectivity index (χ2v) is 6.17. The number of furan rings is 1. The summed E-state index contributed by atoms with van der Waals surface area (Å²) in [5.41, 5.74) is 2.44. The summed E-state index contributed by atoms with van der Waals surface area (Å²) in [4.78, 5) is 12.1. The van der Waals surface area contributed by atoms with Gasteiger partial charge in [-0.25, -0.2) is 0 Å². The van der Waals surface area contributed by atoms with E-state index in [-0.39, 0.29) is 11.2 Å². The molecule has 2 nitrogen and oxygen atoms in total. The van der Waals surface area contributed by atoms with Crippen molar-refractivity contribution < 1.29 is 9.21 Å². The average molecular weight is 270 g/mol. The van der Waals surface area contributed by atoms with Crippen LogP contribution in [0.3, 0.4) is 0 Å². The van der Waals surface area contributed by atoms with Crippen molar-refractivity contribution in [2.75, 3.05) is 0 Å². The summed E-state index contributed by atoms with van der Waals surface area (Å²) >= 11 is 0. The minimum Gasteiger partial charge on any atom is -0.458 e. The molecule has 0 amide bonds. The Morgan fingerprint density at radius 1 is 1.05 bits per heavy atom. The fraction of sp³-hybridized carbons (Fsp3) is 0.389. The van der Waals surface area contributed by atoms with E-state index in [4.69, 9.17) is 4.42 Å². The van der Waals surface area contributed by atoms with Gasteiger partial charge in [0.25, 0.3) is 0 Å². The van der Waals surface area contributed by atoms with Gasteiger partial charge >= 0.3 is 0 Å². The van der Waals surface area contributed by atoms with Crippen LogP contribution in [0, 0.1) is 0 Å². The third-order valence-electron chi connectivity index (χ3n) is 3.47. The number of carbonyl (C=O) groups is 1. The standard InChI is InChI=1S/C18H22O2/c1-5-15-10-11-17(20-15)16(19)12-13-6-8-14(9-7-13)18(2,3)4/h6-11H,5,12H2,1-4H3. The summed E-state index contributed by atoms with van der Waals surface area (Å²) < 4.78 is 5.50. The molecule has 1 heterocycles. The molecule has 0 aliphatic heterocycles. The molecule has 0 spiro atoms. The molecule has 0 N–H and O–H groups in total. The first-order chi connectivity index (χ1) is 9.40. The van der Waals surface area contributed by atoms with Crippen LogP contribution in [0.2, 0.25) is 0 Å². The van der Waals surface area contributed by atoms with Crippen molar-refractivity contribution in [2.45, 2.75) is 46.0 Å². The molecule has 0 aliphatic rings. The van der Waals surface area contributed by atoms with Crippen molar-refractivity contribution in [1.82, 2.24) is 0 Å². The molecule has 1 aromatic heterocycles. The zero-order valence-electron chi connectivity index (χ0n) is 12.7. The maximum absolute atomic E-state index is 12.1. The quantitative estimate of drug-likeness (QED) is 0.762. The highest BCUT2D eigenvalue weighted by Gasteiger charge is 2.15. The lowest BCUT2D eigenvalue weighted by Gasteiger charge is -2.19. The molecule has 0 saturated carbocycles. The number of carbonyl (C=O) groups excluding carboxylic acids is 1. The van der Waals surface area contributed by atoms with Gasteiger partial charge in [0, 0.05) is 12.8 Å². The molecule has 20 heavy (non-hydrogen) atoms. The minimum absolute atomic E-state index is 0.0354. The number of Topliss-reactive ketones (excluding diaryl/α,β-unsaturated/α-hetero) is 1. The van der Waals surface area contributed by atoms with Crippen LogP contribution >= 0.6 is 0 Å². The van der Waals surface area contributed by atoms with Gasteiger partial charge in [-0.15, -0.1) is 0 Å². The number of benzene rings is 1. The highest BCUT2D eigenvalue weighted by molar-refractivity contribution is 5.95. The first kappa shape index (κ1) is 14.6. The fourth-order valence-electron chi connectivity index (χ4n) is 2.11. The first-order valence-electron chi connectivity index (χ1n) is 7.11. The third kappa shape index (κ3) is 3.38. The number of hydrogen-bond acceptors (Lipinski definition) is 2. The molecule has 1 aromatic carbocycles. The molecular weight excluding hydrogens is 248 g/mol. The Bertz CT molecular complexity index is 583. The Balaban J connectivity index is 2.08. The Morgan fingerprint density at radius 3 is 2.20 bits per heavy atom. The van der Waals surface area contributed by atoms with Crippen LogP contribution in [0.5, 0.6) is 0 Å². The molecule has 2 aromatic rings. The van der Waals surface area contributed by atoms with Crippen LogP contribution in [0.15, 0.2) is 40.8 Å². The fourth-order valence-corrected chi connectivity index (χ4v) is 2.11. The van der Waals surface area contributed by atoms with Crippen LogP contribution in [0.1, 0.15) is 55.1 Å². The topological polar surface area (TPSA) is 30.2 Å². The lowest BCUT2D eigenvalue weighted by atomic mass is 9.86. The van der Waals surface area contributed by atoms with E-state index in [9.17, 15) is 4.79 Å². The average Bonchev–Trinajstić information content (AvgIpc) is 2.87. The highest BCUT2D eigenvalue weighted by atomic mass is 16.3. The smallest absolute Gasteiger partial charge is 0.202 e. The van der Waals surface area contributed by atoms with Crippen molar-refractivity contribution in [3.8, 4) is 0 Å². The van der Waals surface area contributed by atoms with Crippen LogP contribution in [0.4, 0.5) is 0 Å². The molecule has 0 atom stereocenters. The van der Waals surface area contributed by atoms with E-state index in [0.29, 0.717) is 12.2 Å². The van der Waals surface area contributed by atoms with E-state index >= 15 is 0 Å². The van der Waals surface area contributed by atoms with Gasteiger partial charge in [0.1, 0.15) is 5.76 Å². The molecule has 0 bridgehead atoms. The van der Waals surface area contributed by atoms with Gasteiger partial charge in [0.15, 0.2) is 5.76 Å². The molecule has 2 heteroatoms. The predicted molar refractivity (Wildman–Crippen MR) is 81.3 cm³/mol. The lowest BCUT2D eigenvalue weighted by Crippen LogP contribution is -2.11. The van der Waals surface area contributed by atoms with Crippen molar-refractivity contribution in [3.63, 3.8) is 0 Å². The molecule has 0 aliphatic carbocycles. The molecule has 0 radical (unpaired) electrons. The Kier molecular flexibility index (Phi) is 4.12. The summed E-state index contributed by atoms with van der Waals surface area (Å²) in [5, 5.41) is 0. The van der Waals surface area contributed by atoms with Crippen molar-refractivity contribution in [1.29, 1.82) is 0 Å². The zero-order valence-corrected chi connectivity index (χ0v) is 12.7. The van der Waals surface area contributed by atoms with Crippen LogP contribution in [0.25, 0.3) is 0 Å². The maximum atomic E-state index is 12.1. The van der Waals surface area contributed by atoms with Crippen molar-refractivity contribution >= 4 is 5.78 Å². The normalized spacial score (nSPS) is 11.6. The highest BCUT2D eigenvalue weighted by Crippen LogP contribution is 2.22. The van der Waals surface area contributed by atoms with E-state index in [1.807, 2.05) is 25.1 Å². The van der Waals surface area contributed by atoms with E-state index in [2.05, 4.69) is 32.9 Å². The van der Waals surface area contributed by atoms with E-state index in [1.165, 1.54) is 5.56 Å². The summed E-state index contributed by atoms with van der Waals surface area (Å²) in [7, 11) is 0. The lowest BCUT2D eigenvalue weighted by molar-refractivity contribution is 0.0965.